The summed E-state index contributed by atoms with van der Waals surface area (Å²) in [4.78, 5) is 19.7. The molecule has 0 aliphatic carbocycles. The highest BCUT2D eigenvalue weighted by Gasteiger charge is 2.20. The molecule has 0 bridgehead atoms. The smallest absolute Gasteiger partial charge is 0.246 e. The van der Waals surface area contributed by atoms with Crippen LogP contribution in [0, 0.1) is 0 Å². The maximum Gasteiger partial charge on any atom is 0.246 e. The topological polar surface area (TPSA) is 56.2 Å². The summed E-state index contributed by atoms with van der Waals surface area (Å²) >= 11 is 6.21. The van der Waals surface area contributed by atoms with E-state index >= 15 is 0 Å². The molecule has 1 aromatic heterocycles. The third kappa shape index (κ3) is 4.52. The van der Waals surface area contributed by atoms with Crippen molar-refractivity contribution in [3.63, 3.8) is 0 Å². The number of methoxy groups -OCH3 is 2. The van der Waals surface area contributed by atoms with E-state index in [0.29, 0.717) is 29.6 Å². The number of rotatable bonds is 5. The largest absolute Gasteiger partial charge is 0.493 e. The SMILES string of the molecule is COc1cc(/C=C/C(=O)N2CCN(c3cc[nH+]cc3)CC2)cc(Cl)c1OC. The van der Waals surface area contributed by atoms with E-state index in [2.05, 4.69) is 9.88 Å². The van der Waals surface area contributed by atoms with E-state index in [1.165, 1.54) is 7.11 Å². The number of H-pyrrole nitrogens is 1. The number of benzene rings is 1. The Balaban J connectivity index is 1.62. The van der Waals surface area contributed by atoms with E-state index < -0.39 is 0 Å². The van der Waals surface area contributed by atoms with Gasteiger partial charge in [-0.3, -0.25) is 4.79 Å². The van der Waals surface area contributed by atoms with Crippen LogP contribution in [0.1, 0.15) is 5.56 Å². The molecule has 142 valence electrons. The first-order valence-electron chi connectivity index (χ1n) is 8.72. The molecule has 0 saturated carbocycles. The molecule has 3 rings (SSSR count). The molecule has 7 heteroatoms. The minimum atomic E-state index is -0.0121. The van der Waals surface area contributed by atoms with Crippen molar-refractivity contribution in [2.75, 3.05) is 45.3 Å². The summed E-state index contributed by atoms with van der Waals surface area (Å²) in [5.74, 6) is 1.00. The van der Waals surface area contributed by atoms with E-state index in [9.17, 15) is 4.79 Å². The predicted octanol–water partition coefficient (Wildman–Crippen LogP) is 2.53. The summed E-state index contributed by atoms with van der Waals surface area (Å²) in [6.07, 6.45) is 7.13. The third-order valence-corrected chi connectivity index (χ3v) is 4.81. The number of carbonyl (C=O) groups excluding carboxylic acids is 1. The number of pyridine rings is 1. The molecule has 0 spiro atoms. The second-order valence-corrected chi connectivity index (χ2v) is 6.55. The predicted molar refractivity (Wildman–Crippen MR) is 105 cm³/mol. The monoisotopic (exact) mass is 388 g/mol. The van der Waals surface area contributed by atoms with E-state index in [0.717, 1.165) is 24.3 Å². The molecule has 6 nitrogen and oxygen atoms in total. The van der Waals surface area contributed by atoms with Gasteiger partial charge in [0.15, 0.2) is 23.9 Å². The number of aromatic amines is 1. The first-order valence-corrected chi connectivity index (χ1v) is 9.09. The van der Waals surface area contributed by atoms with Crippen molar-refractivity contribution in [3.05, 3.63) is 53.3 Å². The minimum absolute atomic E-state index is 0.0121. The lowest BCUT2D eigenvalue weighted by atomic mass is 10.1. The lowest BCUT2D eigenvalue weighted by Gasteiger charge is -2.35. The number of piperazine rings is 1. The molecule has 0 atom stereocenters. The van der Waals surface area contributed by atoms with Crippen LogP contribution in [-0.2, 0) is 4.79 Å². The number of amides is 1. The quantitative estimate of drug-likeness (QED) is 0.738. The lowest BCUT2D eigenvalue weighted by molar-refractivity contribution is -0.377. The Morgan fingerprint density at radius 3 is 2.44 bits per heavy atom. The Morgan fingerprint density at radius 1 is 1.11 bits per heavy atom. The molecule has 2 aromatic rings. The summed E-state index contributed by atoms with van der Waals surface area (Å²) in [5.41, 5.74) is 1.95. The normalized spacial score (nSPS) is 14.5. The number of hydrogen-bond acceptors (Lipinski definition) is 4. The van der Waals surface area contributed by atoms with E-state index in [4.69, 9.17) is 21.1 Å². The van der Waals surface area contributed by atoms with Crippen LogP contribution >= 0.6 is 11.6 Å². The number of hydrogen-bond donors (Lipinski definition) is 0. The van der Waals surface area contributed by atoms with Crippen molar-refractivity contribution in [1.29, 1.82) is 0 Å². The van der Waals surface area contributed by atoms with Gasteiger partial charge in [0, 0.05) is 50.1 Å². The molecule has 1 aromatic carbocycles. The van der Waals surface area contributed by atoms with Gasteiger partial charge in [0.05, 0.1) is 19.2 Å². The number of halogens is 1. The summed E-state index contributed by atoms with van der Waals surface area (Å²) < 4.78 is 10.5. The van der Waals surface area contributed by atoms with Crippen LogP contribution in [-0.4, -0.2) is 51.2 Å². The zero-order valence-electron chi connectivity index (χ0n) is 15.4. The minimum Gasteiger partial charge on any atom is -0.493 e. The van der Waals surface area contributed by atoms with Crippen molar-refractivity contribution in [2.45, 2.75) is 0 Å². The van der Waals surface area contributed by atoms with Gasteiger partial charge in [-0.15, -0.1) is 0 Å². The maximum atomic E-state index is 12.5. The first kappa shape index (κ1) is 19.0. The second-order valence-electron chi connectivity index (χ2n) is 6.14. The van der Waals surface area contributed by atoms with Crippen molar-refractivity contribution in [1.82, 2.24) is 4.90 Å². The molecule has 1 aliphatic heterocycles. The van der Waals surface area contributed by atoms with Crippen molar-refractivity contribution >= 4 is 29.3 Å². The third-order valence-electron chi connectivity index (χ3n) is 4.53. The van der Waals surface area contributed by atoms with Crippen LogP contribution in [0.25, 0.3) is 6.08 Å². The Bertz CT molecular complexity index is 819. The van der Waals surface area contributed by atoms with Crippen molar-refractivity contribution in [3.8, 4) is 11.5 Å². The number of aromatic nitrogens is 1. The standard InChI is InChI=1S/C20H22ClN3O3/c1-26-18-14-15(13-17(21)20(18)27-2)3-4-19(25)24-11-9-23(10-12-24)16-5-7-22-8-6-16/h3-8,13-14H,9-12H2,1-2H3/p+1/b4-3+. The number of carbonyl (C=O) groups is 1. The van der Waals surface area contributed by atoms with Gasteiger partial charge in [0.2, 0.25) is 5.91 Å². The highest BCUT2D eigenvalue weighted by Crippen LogP contribution is 2.36. The molecule has 1 fully saturated rings. The Kier molecular flexibility index (Phi) is 6.19. The molecule has 27 heavy (non-hydrogen) atoms. The second kappa shape index (κ2) is 8.77. The van der Waals surface area contributed by atoms with Gasteiger partial charge in [0.25, 0.3) is 0 Å². The van der Waals surface area contributed by atoms with Crippen molar-refractivity contribution < 1.29 is 19.3 Å². The fourth-order valence-electron chi connectivity index (χ4n) is 3.08. The van der Waals surface area contributed by atoms with Crippen LogP contribution in [0.2, 0.25) is 5.02 Å². The fourth-order valence-corrected chi connectivity index (χ4v) is 3.38. The van der Waals surface area contributed by atoms with Crippen molar-refractivity contribution in [2.24, 2.45) is 0 Å². The Labute approximate surface area is 164 Å². The highest BCUT2D eigenvalue weighted by atomic mass is 35.5. The zero-order chi connectivity index (χ0) is 19.2. The van der Waals surface area contributed by atoms with Crippen LogP contribution in [0.3, 0.4) is 0 Å². The lowest BCUT2D eigenvalue weighted by Crippen LogP contribution is -2.48. The Hall–Kier alpha value is -2.73. The molecular weight excluding hydrogens is 366 g/mol. The summed E-state index contributed by atoms with van der Waals surface area (Å²) in [7, 11) is 3.09. The average Bonchev–Trinajstić information content (AvgIpc) is 2.72. The van der Waals surface area contributed by atoms with Gasteiger partial charge in [-0.1, -0.05) is 11.6 Å². The van der Waals surface area contributed by atoms with Crippen LogP contribution < -0.4 is 19.4 Å². The average molecular weight is 389 g/mol. The summed E-state index contributed by atoms with van der Waals surface area (Å²) in [6.45, 7) is 3.00. The van der Waals surface area contributed by atoms with Gasteiger partial charge in [-0.05, 0) is 23.8 Å². The van der Waals surface area contributed by atoms with Gasteiger partial charge < -0.3 is 19.3 Å². The molecule has 1 aliphatic rings. The molecular formula is C20H23ClN3O3+. The van der Waals surface area contributed by atoms with Gasteiger partial charge in [0.1, 0.15) is 0 Å². The summed E-state index contributed by atoms with van der Waals surface area (Å²) in [5, 5.41) is 0.442. The number of nitrogens with one attached hydrogen (secondary N) is 1. The van der Waals surface area contributed by atoms with Crippen LogP contribution in [0.4, 0.5) is 5.69 Å². The number of nitrogens with zero attached hydrogens (tertiary/aromatic N) is 2. The van der Waals surface area contributed by atoms with Gasteiger partial charge in [-0.25, -0.2) is 4.98 Å². The fraction of sp³-hybridized carbons (Fsp3) is 0.300. The number of ether oxygens (including phenoxy) is 2. The molecule has 1 N–H and O–H groups in total. The van der Waals surface area contributed by atoms with E-state index in [1.54, 1.807) is 31.4 Å². The first-order chi connectivity index (χ1) is 13.1. The van der Waals surface area contributed by atoms with Crippen LogP contribution in [0.15, 0.2) is 42.7 Å². The molecule has 2 heterocycles. The number of anilines is 1. The summed E-state index contributed by atoms with van der Waals surface area (Å²) in [6, 6.07) is 7.62. The van der Waals surface area contributed by atoms with Gasteiger partial charge >= 0.3 is 0 Å². The Morgan fingerprint density at radius 2 is 1.81 bits per heavy atom. The van der Waals surface area contributed by atoms with E-state index in [1.807, 2.05) is 29.4 Å². The zero-order valence-corrected chi connectivity index (χ0v) is 16.2. The van der Waals surface area contributed by atoms with Gasteiger partial charge in [-0.2, -0.15) is 0 Å². The molecule has 1 saturated heterocycles. The molecule has 0 unspecified atom stereocenters. The highest BCUT2D eigenvalue weighted by molar-refractivity contribution is 6.32. The molecule has 1 amide bonds. The van der Waals surface area contributed by atoms with E-state index in [-0.39, 0.29) is 5.91 Å². The van der Waals surface area contributed by atoms with Crippen LogP contribution in [0.5, 0.6) is 11.5 Å². The maximum absolute atomic E-state index is 12.5. The molecule has 0 radical (unpaired) electrons.